The number of hydrogen-bond acceptors (Lipinski definition) is 2. The van der Waals surface area contributed by atoms with Crippen LogP contribution < -0.4 is 15.5 Å². The van der Waals surface area contributed by atoms with Gasteiger partial charge in [0, 0.05) is 17.9 Å². The van der Waals surface area contributed by atoms with Crippen LogP contribution in [-0.4, -0.2) is 18.5 Å². The standard InChI is InChI=1S/C21H20FN3O2/c22-15-6-1-2-7-17(15)24-20(27)23-16-8-3-9-18-14(16)5-4-10-25(18)19(26)21-11-13(21)12-21/h1-3,6-9,13H,4-5,10-12H2,(H2,23,24,27). The third kappa shape index (κ3) is 2.67. The fourth-order valence-corrected chi connectivity index (χ4v) is 4.11. The summed E-state index contributed by atoms with van der Waals surface area (Å²) < 4.78 is 13.7. The molecule has 2 fully saturated rings. The van der Waals surface area contributed by atoms with E-state index in [0.29, 0.717) is 11.6 Å². The first-order valence-electron chi connectivity index (χ1n) is 9.35. The van der Waals surface area contributed by atoms with Gasteiger partial charge in [-0.05, 0) is 61.4 Å². The van der Waals surface area contributed by atoms with Crippen molar-refractivity contribution in [1.29, 1.82) is 0 Å². The van der Waals surface area contributed by atoms with Gasteiger partial charge in [0.05, 0.1) is 11.1 Å². The molecule has 3 aliphatic rings. The smallest absolute Gasteiger partial charge is 0.312 e. The molecule has 1 heterocycles. The minimum Gasteiger partial charge on any atom is -0.312 e. The van der Waals surface area contributed by atoms with Crippen molar-refractivity contribution >= 4 is 29.0 Å². The maximum Gasteiger partial charge on any atom is 0.323 e. The second-order valence-corrected chi connectivity index (χ2v) is 7.68. The van der Waals surface area contributed by atoms with Crippen LogP contribution in [0.25, 0.3) is 0 Å². The van der Waals surface area contributed by atoms with Crippen molar-refractivity contribution < 1.29 is 14.0 Å². The van der Waals surface area contributed by atoms with Gasteiger partial charge in [0.2, 0.25) is 5.91 Å². The fourth-order valence-electron chi connectivity index (χ4n) is 4.11. The van der Waals surface area contributed by atoms with E-state index in [1.807, 2.05) is 23.1 Å². The van der Waals surface area contributed by atoms with Gasteiger partial charge in [0.15, 0.2) is 0 Å². The largest absolute Gasteiger partial charge is 0.323 e. The number of rotatable bonds is 3. The van der Waals surface area contributed by atoms with Crippen LogP contribution in [0.5, 0.6) is 0 Å². The third-order valence-corrected chi connectivity index (χ3v) is 5.97. The Bertz CT molecular complexity index is 952. The quantitative estimate of drug-likeness (QED) is 0.858. The monoisotopic (exact) mass is 365 g/mol. The lowest BCUT2D eigenvalue weighted by atomic mass is 9.98. The molecule has 2 saturated carbocycles. The van der Waals surface area contributed by atoms with E-state index < -0.39 is 11.8 Å². The topological polar surface area (TPSA) is 61.4 Å². The molecule has 2 aromatic carbocycles. The van der Waals surface area contributed by atoms with E-state index >= 15 is 0 Å². The first kappa shape index (κ1) is 16.3. The molecule has 0 radical (unpaired) electrons. The maximum absolute atomic E-state index is 13.7. The minimum absolute atomic E-state index is 0.0692. The van der Waals surface area contributed by atoms with E-state index in [9.17, 15) is 14.0 Å². The average Bonchev–Trinajstić information content (AvgIpc) is 3.53. The van der Waals surface area contributed by atoms with Gasteiger partial charge in [-0.15, -0.1) is 0 Å². The predicted molar refractivity (Wildman–Crippen MR) is 101 cm³/mol. The van der Waals surface area contributed by atoms with Crippen LogP contribution in [0.4, 0.5) is 26.2 Å². The van der Waals surface area contributed by atoms with Gasteiger partial charge < -0.3 is 15.5 Å². The summed E-state index contributed by atoms with van der Waals surface area (Å²) in [6, 6.07) is 11.2. The number of carbonyl (C=O) groups is 2. The van der Waals surface area contributed by atoms with Gasteiger partial charge in [-0.25, -0.2) is 9.18 Å². The molecule has 0 unspecified atom stereocenters. The van der Waals surface area contributed by atoms with Gasteiger partial charge in [-0.1, -0.05) is 18.2 Å². The highest BCUT2D eigenvalue weighted by Gasteiger charge is 2.75. The molecule has 0 bridgehead atoms. The van der Waals surface area contributed by atoms with E-state index in [4.69, 9.17) is 0 Å². The molecule has 0 spiro atoms. The Hall–Kier alpha value is -2.89. The van der Waals surface area contributed by atoms with E-state index in [1.165, 1.54) is 12.1 Å². The Balaban J connectivity index is 1.37. The lowest BCUT2D eigenvalue weighted by molar-refractivity contribution is -0.121. The molecule has 3 amide bonds. The zero-order valence-corrected chi connectivity index (χ0v) is 14.8. The molecule has 5 nitrogen and oxygen atoms in total. The van der Waals surface area contributed by atoms with Gasteiger partial charge in [-0.2, -0.15) is 0 Å². The van der Waals surface area contributed by atoms with Crippen molar-refractivity contribution in [2.75, 3.05) is 22.1 Å². The molecule has 2 N–H and O–H groups in total. The van der Waals surface area contributed by atoms with Crippen molar-refractivity contribution in [3.05, 3.63) is 53.8 Å². The average molecular weight is 365 g/mol. The number of benzene rings is 2. The molecular formula is C21H20FN3O2. The highest BCUT2D eigenvalue weighted by atomic mass is 19.1. The lowest BCUT2D eigenvalue weighted by Gasteiger charge is -2.32. The summed E-state index contributed by atoms with van der Waals surface area (Å²) >= 11 is 0. The summed E-state index contributed by atoms with van der Waals surface area (Å²) in [4.78, 5) is 27.1. The molecule has 0 atom stereocenters. The normalized spacial score (nSPS) is 24.5. The van der Waals surface area contributed by atoms with E-state index in [0.717, 1.165) is 43.5 Å². The molecule has 2 aromatic rings. The van der Waals surface area contributed by atoms with Crippen molar-refractivity contribution in [3.63, 3.8) is 0 Å². The summed E-state index contributed by atoms with van der Waals surface area (Å²) in [5.41, 5.74) is 2.58. The van der Waals surface area contributed by atoms with Crippen LogP contribution in [0.3, 0.4) is 0 Å². The van der Waals surface area contributed by atoms with Gasteiger partial charge in [-0.3, -0.25) is 4.79 Å². The number of hydrogen-bond donors (Lipinski definition) is 2. The Morgan fingerprint density at radius 1 is 1.04 bits per heavy atom. The van der Waals surface area contributed by atoms with Crippen LogP contribution >= 0.6 is 0 Å². The van der Waals surface area contributed by atoms with Crippen molar-refractivity contribution in [2.45, 2.75) is 25.7 Å². The molecule has 0 saturated heterocycles. The number of anilines is 3. The Kier molecular flexibility index (Phi) is 3.50. The van der Waals surface area contributed by atoms with Crippen molar-refractivity contribution in [3.8, 4) is 0 Å². The van der Waals surface area contributed by atoms with Crippen LogP contribution in [0.15, 0.2) is 42.5 Å². The summed E-state index contributed by atoms with van der Waals surface area (Å²) in [5, 5.41) is 5.35. The van der Waals surface area contributed by atoms with Gasteiger partial charge >= 0.3 is 6.03 Å². The molecule has 0 aromatic heterocycles. The second kappa shape index (κ2) is 5.81. The third-order valence-electron chi connectivity index (χ3n) is 5.97. The molecule has 6 heteroatoms. The Morgan fingerprint density at radius 2 is 1.74 bits per heavy atom. The number of nitrogens with zero attached hydrogens (tertiary/aromatic N) is 1. The Morgan fingerprint density at radius 3 is 2.48 bits per heavy atom. The van der Waals surface area contributed by atoms with Crippen molar-refractivity contribution in [2.24, 2.45) is 11.3 Å². The predicted octanol–water partition coefficient (Wildman–Crippen LogP) is 4.16. The summed E-state index contributed by atoms with van der Waals surface area (Å²) in [6.45, 7) is 0.727. The minimum atomic E-state index is -0.500. The van der Waals surface area contributed by atoms with Crippen LogP contribution in [-0.2, 0) is 11.2 Å². The Labute approximate surface area is 156 Å². The van der Waals surface area contributed by atoms with E-state index in [2.05, 4.69) is 10.6 Å². The number of amides is 3. The zero-order valence-electron chi connectivity index (χ0n) is 14.8. The summed E-state index contributed by atoms with van der Waals surface area (Å²) in [7, 11) is 0. The second-order valence-electron chi connectivity index (χ2n) is 7.68. The molecule has 2 aliphatic carbocycles. The molecule has 27 heavy (non-hydrogen) atoms. The number of carbonyl (C=O) groups excluding carboxylic acids is 2. The first-order chi connectivity index (χ1) is 13.1. The van der Waals surface area contributed by atoms with Crippen LogP contribution in [0.2, 0.25) is 0 Å². The summed E-state index contributed by atoms with van der Waals surface area (Å²) in [5.74, 6) is 0.354. The van der Waals surface area contributed by atoms with Gasteiger partial charge in [0.1, 0.15) is 5.82 Å². The van der Waals surface area contributed by atoms with E-state index in [1.54, 1.807) is 12.1 Å². The maximum atomic E-state index is 13.7. The molecule has 1 aliphatic heterocycles. The SMILES string of the molecule is O=C(Nc1ccccc1F)Nc1cccc2c1CCCN2C(=O)C12CC1C2. The molecule has 138 valence electrons. The van der Waals surface area contributed by atoms with Crippen molar-refractivity contribution in [1.82, 2.24) is 0 Å². The number of fused-ring (bicyclic) bond motifs is 2. The summed E-state index contributed by atoms with van der Waals surface area (Å²) in [6.07, 6.45) is 3.72. The number of halogens is 1. The fraction of sp³-hybridized carbons (Fsp3) is 0.333. The number of para-hydroxylation sites is 1. The first-order valence-corrected chi connectivity index (χ1v) is 9.35. The highest BCUT2D eigenvalue weighted by Crippen LogP contribution is 2.76. The zero-order chi connectivity index (χ0) is 18.6. The number of nitrogens with one attached hydrogen (secondary N) is 2. The molecular weight excluding hydrogens is 345 g/mol. The highest BCUT2D eigenvalue weighted by molar-refractivity contribution is 6.05. The van der Waals surface area contributed by atoms with Gasteiger partial charge in [0.25, 0.3) is 0 Å². The van der Waals surface area contributed by atoms with Crippen LogP contribution in [0.1, 0.15) is 24.8 Å². The van der Waals surface area contributed by atoms with E-state index in [-0.39, 0.29) is 17.0 Å². The van der Waals surface area contributed by atoms with Crippen LogP contribution in [0, 0.1) is 17.2 Å². The number of urea groups is 1. The lowest BCUT2D eigenvalue weighted by Crippen LogP contribution is -2.38. The molecule has 5 rings (SSSR count).